The molecule has 0 spiro atoms. The van der Waals surface area contributed by atoms with Gasteiger partial charge in [0.2, 0.25) is 0 Å². The van der Waals surface area contributed by atoms with E-state index in [0.29, 0.717) is 5.75 Å². The first-order chi connectivity index (χ1) is 5.13. The summed E-state index contributed by atoms with van der Waals surface area (Å²) in [6.45, 7) is 4.36. The third-order valence-corrected chi connectivity index (χ3v) is 4.42. The average molecular weight is 277 g/mol. The Hall–Kier alpha value is -0.0331. The van der Waals surface area contributed by atoms with Crippen LogP contribution in [0, 0.1) is 3.57 Å². The summed E-state index contributed by atoms with van der Waals surface area (Å²) in [7, 11) is -0.530. The van der Waals surface area contributed by atoms with E-state index in [-0.39, 0.29) is 0 Å². The summed E-state index contributed by atoms with van der Waals surface area (Å²) >= 11 is 2.27. The maximum absolute atomic E-state index is 9.48. The Labute approximate surface area is 82.2 Å². The van der Waals surface area contributed by atoms with Crippen molar-refractivity contribution in [3.63, 3.8) is 0 Å². The van der Waals surface area contributed by atoms with Gasteiger partial charge in [0, 0.05) is 3.57 Å². The van der Waals surface area contributed by atoms with Crippen LogP contribution in [0.15, 0.2) is 18.2 Å². The first-order valence-corrected chi connectivity index (χ1v) is 6.99. The first kappa shape index (κ1) is 9.06. The predicted octanol–water partition coefficient (Wildman–Crippen LogP) is 1.96. The van der Waals surface area contributed by atoms with Gasteiger partial charge in [-0.15, -0.1) is 0 Å². The molecule has 0 amide bonds. The van der Waals surface area contributed by atoms with Gasteiger partial charge in [0.05, 0.1) is 8.80 Å². The molecule has 0 heterocycles. The lowest BCUT2D eigenvalue weighted by Gasteiger charge is -2.08. The summed E-state index contributed by atoms with van der Waals surface area (Å²) in [5.74, 6) is 0.454. The Balaban J connectivity index is 3.21. The summed E-state index contributed by atoms with van der Waals surface area (Å²) in [6.07, 6.45) is 0. The highest BCUT2D eigenvalue weighted by atomic mass is 127. The summed E-state index contributed by atoms with van der Waals surface area (Å²) in [4.78, 5) is 0. The largest absolute Gasteiger partial charge is 0.508 e. The van der Waals surface area contributed by atoms with Crippen LogP contribution in [0.1, 0.15) is 0 Å². The highest BCUT2D eigenvalue weighted by molar-refractivity contribution is 14.1. The molecule has 0 bridgehead atoms. The Morgan fingerprint density at radius 1 is 1.36 bits per heavy atom. The summed E-state index contributed by atoms with van der Waals surface area (Å²) in [5, 5.41) is 10.6. The molecule has 1 aromatic carbocycles. The van der Waals surface area contributed by atoms with E-state index in [1.165, 1.54) is 3.57 Å². The first-order valence-electron chi connectivity index (χ1n) is 3.41. The molecular weight excluding hydrogens is 267 g/mol. The van der Waals surface area contributed by atoms with Gasteiger partial charge in [-0.25, -0.2) is 0 Å². The maximum atomic E-state index is 9.48. The average Bonchev–Trinajstić information content (AvgIpc) is 1.85. The summed E-state index contributed by atoms with van der Waals surface area (Å²) < 4.78 is 1.18. The standard InChI is InChI=1S/C8H10IOSi/c1-11(2)8-6(9)4-3-5-7(8)10/h3-5,10H,1-2H3. The minimum Gasteiger partial charge on any atom is -0.508 e. The smallest absolute Gasteiger partial charge is 0.115 e. The lowest BCUT2D eigenvalue weighted by Crippen LogP contribution is -2.25. The molecule has 59 valence electrons. The number of phenolic OH excluding ortho intramolecular Hbond substituents is 1. The molecule has 1 rings (SSSR count). The molecular formula is C8H10IOSi. The van der Waals surface area contributed by atoms with Gasteiger partial charge >= 0.3 is 0 Å². The SMILES string of the molecule is C[Si](C)c1c(O)cccc1I. The molecule has 11 heavy (non-hydrogen) atoms. The third-order valence-electron chi connectivity index (χ3n) is 1.49. The van der Waals surface area contributed by atoms with Crippen molar-refractivity contribution in [2.45, 2.75) is 13.1 Å². The van der Waals surface area contributed by atoms with E-state index in [9.17, 15) is 5.11 Å². The van der Waals surface area contributed by atoms with Crippen LogP contribution in [0.2, 0.25) is 13.1 Å². The van der Waals surface area contributed by atoms with Gasteiger partial charge in [-0.3, -0.25) is 0 Å². The minimum atomic E-state index is -0.530. The lowest BCUT2D eigenvalue weighted by atomic mass is 10.3. The predicted molar refractivity (Wildman–Crippen MR) is 57.9 cm³/mol. The van der Waals surface area contributed by atoms with E-state index in [1.54, 1.807) is 6.07 Å². The van der Waals surface area contributed by atoms with Crippen LogP contribution in [0.4, 0.5) is 0 Å². The molecule has 0 aromatic heterocycles. The number of hydrogen-bond donors (Lipinski definition) is 1. The van der Waals surface area contributed by atoms with E-state index >= 15 is 0 Å². The zero-order valence-electron chi connectivity index (χ0n) is 6.56. The van der Waals surface area contributed by atoms with Gasteiger partial charge in [0.25, 0.3) is 0 Å². The van der Waals surface area contributed by atoms with Crippen molar-refractivity contribution >= 4 is 36.6 Å². The molecule has 0 aliphatic rings. The van der Waals surface area contributed by atoms with Crippen LogP contribution in [0.25, 0.3) is 0 Å². The quantitative estimate of drug-likeness (QED) is 0.614. The van der Waals surface area contributed by atoms with Crippen molar-refractivity contribution < 1.29 is 5.11 Å². The second-order valence-corrected chi connectivity index (χ2v) is 6.30. The zero-order chi connectivity index (χ0) is 8.43. The fourth-order valence-corrected chi connectivity index (χ4v) is 4.27. The highest BCUT2D eigenvalue weighted by Gasteiger charge is 2.09. The van der Waals surface area contributed by atoms with E-state index in [0.717, 1.165) is 5.19 Å². The van der Waals surface area contributed by atoms with E-state index in [2.05, 4.69) is 35.7 Å². The molecule has 1 N–H and O–H groups in total. The number of hydrogen-bond acceptors (Lipinski definition) is 1. The van der Waals surface area contributed by atoms with Crippen LogP contribution in [0.3, 0.4) is 0 Å². The molecule has 0 atom stereocenters. The zero-order valence-corrected chi connectivity index (χ0v) is 9.71. The Morgan fingerprint density at radius 3 is 2.36 bits per heavy atom. The van der Waals surface area contributed by atoms with Crippen molar-refractivity contribution in [3.8, 4) is 5.75 Å². The number of rotatable bonds is 1. The molecule has 1 radical (unpaired) electrons. The third kappa shape index (κ3) is 1.96. The summed E-state index contributed by atoms with van der Waals surface area (Å²) in [6, 6.07) is 5.67. The van der Waals surface area contributed by atoms with Crippen molar-refractivity contribution in [1.82, 2.24) is 0 Å². The Kier molecular flexibility index (Phi) is 2.95. The topological polar surface area (TPSA) is 20.2 Å². The van der Waals surface area contributed by atoms with Crippen LogP contribution in [-0.2, 0) is 0 Å². The van der Waals surface area contributed by atoms with Crippen molar-refractivity contribution in [3.05, 3.63) is 21.8 Å². The Bertz CT molecular complexity index is 240. The van der Waals surface area contributed by atoms with Crippen molar-refractivity contribution in [1.29, 1.82) is 0 Å². The number of aromatic hydroxyl groups is 1. The molecule has 0 saturated heterocycles. The normalized spacial score (nSPS) is 10.5. The monoisotopic (exact) mass is 277 g/mol. The molecule has 0 fully saturated rings. The fourth-order valence-electron chi connectivity index (χ4n) is 1.01. The molecule has 0 unspecified atom stereocenters. The molecule has 1 nitrogen and oxygen atoms in total. The van der Waals surface area contributed by atoms with E-state index < -0.39 is 8.80 Å². The second-order valence-electron chi connectivity index (χ2n) is 2.63. The van der Waals surface area contributed by atoms with Gasteiger partial charge in [0.15, 0.2) is 0 Å². The molecule has 0 aliphatic carbocycles. The molecule has 0 saturated carbocycles. The lowest BCUT2D eigenvalue weighted by molar-refractivity contribution is 0.479. The number of benzene rings is 1. The fraction of sp³-hybridized carbons (Fsp3) is 0.250. The number of phenols is 1. The highest BCUT2D eigenvalue weighted by Crippen LogP contribution is 2.11. The number of halogens is 1. The van der Waals surface area contributed by atoms with Gasteiger partial charge in [-0.2, -0.15) is 0 Å². The van der Waals surface area contributed by atoms with Crippen LogP contribution < -0.4 is 5.19 Å². The minimum absolute atomic E-state index is 0.454. The van der Waals surface area contributed by atoms with Gasteiger partial charge in [-0.1, -0.05) is 19.2 Å². The van der Waals surface area contributed by atoms with Crippen LogP contribution in [0.5, 0.6) is 5.75 Å². The van der Waals surface area contributed by atoms with Crippen molar-refractivity contribution in [2.24, 2.45) is 0 Å². The van der Waals surface area contributed by atoms with Crippen molar-refractivity contribution in [2.75, 3.05) is 0 Å². The van der Waals surface area contributed by atoms with Gasteiger partial charge < -0.3 is 5.11 Å². The molecule has 3 heteroatoms. The molecule has 0 aliphatic heterocycles. The van der Waals surface area contributed by atoms with E-state index in [4.69, 9.17) is 0 Å². The molecule has 1 aromatic rings. The second kappa shape index (κ2) is 3.58. The van der Waals surface area contributed by atoms with Gasteiger partial charge in [0.1, 0.15) is 5.75 Å². The van der Waals surface area contributed by atoms with Crippen LogP contribution in [-0.4, -0.2) is 13.9 Å². The van der Waals surface area contributed by atoms with E-state index in [1.807, 2.05) is 12.1 Å². The maximum Gasteiger partial charge on any atom is 0.115 e. The Morgan fingerprint density at radius 2 is 2.00 bits per heavy atom. The van der Waals surface area contributed by atoms with Crippen LogP contribution >= 0.6 is 22.6 Å². The van der Waals surface area contributed by atoms with Gasteiger partial charge in [-0.05, 0) is 39.9 Å². The summed E-state index contributed by atoms with van der Waals surface area (Å²) in [5.41, 5.74) is 0.